The summed E-state index contributed by atoms with van der Waals surface area (Å²) in [4.78, 5) is 26.0. The minimum absolute atomic E-state index is 0.000182. The fourth-order valence-corrected chi connectivity index (χ4v) is 3.28. The third kappa shape index (κ3) is 2.38. The zero-order valence-corrected chi connectivity index (χ0v) is 11.6. The van der Waals surface area contributed by atoms with E-state index in [1.807, 2.05) is 11.8 Å². The molecule has 0 aromatic heterocycles. The van der Waals surface area contributed by atoms with Crippen molar-refractivity contribution < 1.29 is 9.59 Å². The first kappa shape index (κ1) is 13.4. The monoisotopic (exact) mass is 252 g/mol. The van der Waals surface area contributed by atoms with E-state index in [9.17, 15) is 9.59 Å². The Hall–Kier alpha value is -1.06. The summed E-state index contributed by atoms with van der Waals surface area (Å²) >= 11 is 0. The lowest BCUT2D eigenvalue weighted by Crippen LogP contribution is -2.61. The van der Waals surface area contributed by atoms with Gasteiger partial charge in [0.25, 0.3) is 0 Å². The Labute approximate surface area is 109 Å². The normalized spacial score (nSPS) is 36.9. The molecular weight excluding hydrogens is 228 g/mol. The first-order chi connectivity index (χ1) is 8.54. The molecule has 1 N–H and O–H groups in total. The van der Waals surface area contributed by atoms with E-state index in [1.165, 1.54) is 0 Å². The van der Waals surface area contributed by atoms with Gasteiger partial charge in [0.05, 0.1) is 6.54 Å². The van der Waals surface area contributed by atoms with Gasteiger partial charge in [-0.15, -0.1) is 0 Å². The number of piperazine rings is 1. The second kappa shape index (κ2) is 5.29. The maximum atomic E-state index is 12.4. The molecule has 1 aliphatic heterocycles. The van der Waals surface area contributed by atoms with Crippen LogP contribution in [0.1, 0.15) is 46.5 Å². The number of hydrogen-bond donors (Lipinski definition) is 1. The number of carbonyl (C=O) groups is 2. The first-order valence-corrected chi connectivity index (χ1v) is 7.14. The molecule has 0 bridgehead atoms. The van der Waals surface area contributed by atoms with E-state index >= 15 is 0 Å². The molecule has 102 valence electrons. The average molecular weight is 252 g/mol. The third-order valence-electron chi connectivity index (χ3n) is 4.63. The highest BCUT2D eigenvalue weighted by Crippen LogP contribution is 2.35. The van der Waals surface area contributed by atoms with Gasteiger partial charge in [0, 0.05) is 6.04 Å². The molecule has 4 nitrogen and oxygen atoms in total. The Morgan fingerprint density at radius 3 is 2.56 bits per heavy atom. The Bertz CT molecular complexity index is 343. The van der Waals surface area contributed by atoms with Crippen molar-refractivity contribution in [3.05, 3.63) is 0 Å². The lowest BCUT2D eigenvalue weighted by molar-refractivity contribution is -0.147. The summed E-state index contributed by atoms with van der Waals surface area (Å²) in [6.45, 7) is 6.74. The molecule has 2 amide bonds. The molecule has 4 unspecified atom stereocenters. The minimum atomic E-state index is -0.292. The van der Waals surface area contributed by atoms with Gasteiger partial charge in [-0.2, -0.15) is 0 Å². The highest BCUT2D eigenvalue weighted by molar-refractivity contribution is 5.95. The number of nitrogens with one attached hydrogen (secondary N) is 1. The highest BCUT2D eigenvalue weighted by Gasteiger charge is 2.41. The number of hydrogen-bond acceptors (Lipinski definition) is 2. The minimum Gasteiger partial charge on any atom is -0.343 e. The van der Waals surface area contributed by atoms with Crippen LogP contribution in [0, 0.1) is 11.8 Å². The molecule has 0 aromatic carbocycles. The maximum absolute atomic E-state index is 12.4. The lowest BCUT2D eigenvalue weighted by Gasteiger charge is -2.38. The second-order valence-electron chi connectivity index (χ2n) is 5.86. The molecule has 1 saturated carbocycles. The summed E-state index contributed by atoms with van der Waals surface area (Å²) in [5, 5.41) is 2.82. The summed E-state index contributed by atoms with van der Waals surface area (Å²) in [5.74, 6) is 1.28. The fraction of sp³-hybridized carbons (Fsp3) is 0.857. The number of carbonyl (C=O) groups excluding carboxylic acids is 2. The summed E-state index contributed by atoms with van der Waals surface area (Å²) in [6.07, 6.45) is 3.87. The van der Waals surface area contributed by atoms with Crippen LogP contribution in [0.3, 0.4) is 0 Å². The first-order valence-electron chi connectivity index (χ1n) is 7.14. The number of nitrogens with zero attached hydrogens (tertiary/aromatic N) is 1. The van der Waals surface area contributed by atoms with Gasteiger partial charge >= 0.3 is 0 Å². The predicted molar refractivity (Wildman–Crippen MR) is 69.9 cm³/mol. The number of amides is 2. The molecule has 4 heteroatoms. The van der Waals surface area contributed by atoms with Crippen LogP contribution in [-0.2, 0) is 9.59 Å². The van der Waals surface area contributed by atoms with Crippen LogP contribution in [0.4, 0.5) is 0 Å². The van der Waals surface area contributed by atoms with Gasteiger partial charge in [-0.3, -0.25) is 9.59 Å². The second-order valence-corrected chi connectivity index (χ2v) is 5.86. The van der Waals surface area contributed by atoms with Crippen molar-refractivity contribution >= 4 is 11.8 Å². The Morgan fingerprint density at radius 1 is 1.28 bits per heavy atom. The van der Waals surface area contributed by atoms with Crippen molar-refractivity contribution in [3.63, 3.8) is 0 Å². The zero-order chi connectivity index (χ0) is 13.3. The van der Waals surface area contributed by atoms with E-state index in [1.54, 1.807) is 0 Å². The van der Waals surface area contributed by atoms with Gasteiger partial charge in [0.1, 0.15) is 6.04 Å². The molecule has 1 saturated heterocycles. The van der Waals surface area contributed by atoms with E-state index in [0.29, 0.717) is 11.8 Å². The maximum Gasteiger partial charge on any atom is 0.245 e. The van der Waals surface area contributed by atoms with Crippen molar-refractivity contribution in [2.75, 3.05) is 6.54 Å². The topological polar surface area (TPSA) is 49.4 Å². The van der Waals surface area contributed by atoms with Gasteiger partial charge in [-0.05, 0) is 31.1 Å². The number of rotatable bonds is 3. The SMILES string of the molecule is CCCC1NC(=O)CN(C2CCC(C)C2C)C1=O. The van der Waals surface area contributed by atoms with Gasteiger partial charge < -0.3 is 10.2 Å². The molecule has 0 aromatic rings. The van der Waals surface area contributed by atoms with Crippen LogP contribution in [0.25, 0.3) is 0 Å². The molecule has 2 fully saturated rings. The Morgan fingerprint density at radius 2 is 2.00 bits per heavy atom. The van der Waals surface area contributed by atoms with Crippen LogP contribution in [0.15, 0.2) is 0 Å². The van der Waals surface area contributed by atoms with Crippen molar-refractivity contribution in [1.82, 2.24) is 10.2 Å². The van der Waals surface area contributed by atoms with E-state index in [4.69, 9.17) is 0 Å². The third-order valence-corrected chi connectivity index (χ3v) is 4.63. The molecule has 4 atom stereocenters. The lowest BCUT2D eigenvalue weighted by atomic mass is 9.95. The standard InChI is InChI=1S/C14H24N2O2/c1-4-5-11-14(18)16(8-13(17)15-11)12-7-6-9(2)10(12)3/h9-12H,4-8H2,1-3H3,(H,15,17). The molecule has 1 aliphatic carbocycles. The molecular formula is C14H24N2O2. The van der Waals surface area contributed by atoms with Crippen molar-refractivity contribution in [2.24, 2.45) is 11.8 Å². The molecule has 0 radical (unpaired) electrons. The van der Waals surface area contributed by atoms with E-state index in [0.717, 1.165) is 25.7 Å². The highest BCUT2D eigenvalue weighted by atomic mass is 16.2. The van der Waals surface area contributed by atoms with Crippen molar-refractivity contribution in [3.8, 4) is 0 Å². The van der Waals surface area contributed by atoms with E-state index in [-0.39, 0.29) is 30.4 Å². The van der Waals surface area contributed by atoms with Gasteiger partial charge in [0.2, 0.25) is 11.8 Å². The quantitative estimate of drug-likeness (QED) is 0.828. The summed E-state index contributed by atoms with van der Waals surface area (Å²) in [6, 6.07) is -0.0303. The van der Waals surface area contributed by atoms with Crippen molar-refractivity contribution in [1.29, 1.82) is 0 Å². The van der Waals surface area contributed by atoms with Gasteiger partial charge in [-0.1, -0.05) is 27.2 Å². The van der Waals surface area contributed by atoms with E-state index in [2.05, 4.69) is 19.2 Å². The summed E-state index contributed by atoms with van der Waals surface area (Å²) in [7, 11) is 0. The average Bonchev–Trinajstić information content (AvgIpc) is 2.65. The van der Waals surface area contributed by atoms with Crippen LogP contribution >= 0.6 is 0 Å². The van der Waals surface area contributed by atoms with Crippen LogP contribution in [-0.4, -0.2) is 35.3 Å². The predicted octanol–water partition coefficient (Wildman–Crippen LogP) is 1.55. The van der Waals surface area contributed by atoms with Crippen LogP contribution in [0.5, 0.6) is 0 Å². The molecule has 18 heavy (non-hydrogen) atoms. The Balaban J connectivity index is 2.11. The molecule has 2 rings (SSSR count). The fourth-order valence-electron chi connectivity index (χ4n) is 3.28. The van der Waals surface area contributed by atoms with Crippen LogP contribution in [0.2, 0.25) is 0 Å². The molecule has 2 aliphatic rings. The summed E-state index contributed by atoms with van der Waals surface area (Å²) < 4.78 is 0. The van der Waals surface area contributed by atoms with Gasteiger partial charge in [-0.25, -0.2) is 0 Å². The van der Waals surface area contributed by atoms with Crippen LogP contribution < -0.4 is 5.32 Å². The van der Waals surface area contributed by atoms with Crippen molar-refractivity contribution in [2.45, 2.75) is 58.5 Å². The molecule has 0 spiro atoms. The summed E-state index contributed by atoms with van der Waals surface area (Å²) in [5.41, 5.74) is 0. The smallest absolute Gasteiger partial charge is 0.245 e. The largest absolute Gasteiger partial charge is 0.343 e. The Kier molecular flexibility index (Phi) is 3.93. The van der Waals surface area contributed by atoms with Gasteiger partial charge in [0.15, 0.2) is 0 Å². The van der Waals surface area contributed by atoms with E-state index < -0.39 is 0 Å². The zero-order valence-electron chi connectivity index (χ0n) is 11.6. The molecule has 1 heterocycles.